The lowest BCUT2D eigenvalue weighted by Crippen LogP contribution is -2.45. The Morgan fingerprint density at radius 3 is 2.50 bits per heavy atom. The van der Waals surface area contributed by atoms with E-state index in [4.69, 9.17) is 4.98 Å². The standard InChI is InChI=1S/C33H42FN3O2S/c1-3-24(4-2)32(33(38)39)37-21-27(29(22-37)26-11-8-12-28(34)18-26)20-36-15-13-25(14-16-36)30-19-35-31(40-30)17-23-9-6-5-7-10-23/h5-12,18-19,24-25,27,29,32H,3-4,13-17,20-22H2,1-2H3,(H,38,39)/t27-,29+,32-/m0/s1. The lowest BCUT2D eigenvalue weighted by atomic mass is 9.87. The first kappa shape index (κ1) is 28.9. The minimum atomic E-state index is -0.732. The number of piperidine rings is 1. The Hall–Kier alpha value is -2.61. The van der Waals surface area contributed by atoms with Gasteiger partial charge in [0.25, 0.3) is 0 Å². The van der Waals surface area contributed by atoms with E-state index in [9.17, 15) is 14.3 Å². The fourth-order valence-electron chi connectivity index (χ4n) is 6.92. The molecular formula is C33H42FN3O2S. The molecule has 1 aromatic heterocycles. The maximum absolute atomic E-state index is 14.2. The number of aliphatic carboxylic acids is 1. The molecule has 2 aromatic carbocycles. The van der Waals surface area contributed by atoms with Crippen LogP contribution in [0.3, 0.4) is 0 Å². The van der Waals surface area contributed by atoms with Gasteiger partial charge in [-0.15, -0.1) is 11.3 Å². The van der Waals surface area contributed by atoms with Gasteiger partial charge >= 0.3 is 5.97 Å². The molecule has 2 aliphatic rings. The summed E-state index contributed by atoms with van der Waals surface area (Å²) < 4.78 is 14.2. The van der Waals surface area contributed by atoms with Gasteiger partial charge in [-0.2, -0.15) is 0 Å². The summed E-state index contributed by atoms with van der Waals surface area (Å²) >= 11 is 1.85. The maximum atomic E-state index is 14.2. The Morgan fingerprint density at radius 1 is 1.07 bits per heavy atom. The Balaban J connectivity index is 1.24. The maximum Gasteiger partial charge on any atom is 0.321 e. The van der Waals surface area contributed by atoms with Gasteiger partial charge in [-0.3, -0.25) is 9.69 Å². The minimum Gasteiger partial charge on any atom is -0.480 e. The van der Waals surface area contributed by atoms with E-state index >= 15 is 0 Å². The van der Waals surface area contributed by atoms with Gasteiger partial charge in [0.2, 0.25) is 0 Å². The molecule has 0 unspecified atom stereocenters. The summed E-state index contributed by atoms with van der Waals surface area (Å²) in [6, 6.07) is 17.0. The summed E-state index contributed by atoms with van der Waals surface area (Å²) in [4.78, 5) is 23.2. The second-order valence-corrected chi connectivity index (χ2v) is 12.8. The molecule has 2 fully saturated rings. The van der Waals surface area contributed by atoms with Crippen molar-refractivity contribution >= 4 is 17.3 Å². The summed E-state index contributed by atoms with van der Waals surface area (Å²) in [6.07, 6.45) is 6.88. The van der Waals surface area contributed by atoms with Gasteiger partial charge in [0, 0.05) is 43.0 Å². The van der Waals surface area contributed by atoms with Crippen molar-refractivity contribution in [1.29, 1.82) is 0 Å². The molecule has 0 spiro atoms. The molecule has 0 saturated carbocycles. The van der Waals surface area contributed by atoms with Crippen molar-refractivity contribution in [2.75, 3.05) is 32.7 Å². The van der Waals surface area contributed by atoms with Crippen molar-refractivity contribution < 1.29 is 14.3 Å². The van der Waals surface area contributed by atoms with Gasteiger partial charge in [0.15, 0.2) is 0 Å². The van der Waals surface area contributed by atoms with Crippen molar-refractivity contribution in [3.63, 3.8) is 0 Å². The zero-order valence-electron chi connectivity index (χ0n) is 23.7. The number of benzene rings is 2. The largest absolute Gasteiger partial charge is 0.480 e. The summed E-state index contributed by atoms with van der Waals surface area (Å²) in [6.45, 7) is 8.55. The average Bonchev–Trinajstić information content (AvgIpc) is 3.59. The number of likely N-dealkylation sites (tertiary alicyclic amines) is 2. The Bertz CT molecular complexity index is 1240. The van der Waals surface area contributed by atoms with Crippen LogP contribution in [0.4, 0.5) is 4.39 Å². The number of carbonyl (C=O) groups is 1. The fourth-order valence-corrected chi connectivity index (χ4v) is 8.04. The highest BCUT2D eigenvalue weighted by Crippen LogP contribution is 2.38. The van der Waals surface area contributed by atoms with Crippen molar-refractivity contribution in [3.05, 3.63) is 87.6 Å². The Kier molecular flexibility index (Phi) is 9.66. The first-order valence-electron chi connectivity index (χ1n) is 14.9. The van der Waals surface area contributed by atoms with Crippen LogP contribution in [0.1, 0.15) is 72.4 Å². The monoisotopic (exact) mass is 563 g/mol. The van der Waals surface area contributed by atoms with Crippen LogP contribution in [-0.2, 0) is 11.2 Å². The molecule has 0 bridgehead atoms. The van der Waals surface area contributed by atoms with Crippen LogP contribution >= 0.6 is 11.3 Å². The van der Waals surface area contributed by atoms with Crippen molar-refractivity contribution in [1.82, 2.24) is 14.8 Å². The number of hydrogen-bond donors (Lipinski definition) is 1. The summed E-state index contributed by atoms with van der Waals surface area (Å²) in [5.41, 5.74) is 2.29. The fraction of sp³-hybridized carbons (Fsp3) is 0.515. The van der Waals surface area contributed by atoms with E-state index in [-0.39, 0.29) is 23.6 Å². The minimum absolute atomic E-state index is 0.117. The lowest BCUT2D eigenvalue weighted by Gasteiger charge is -2.34. The van der Waals surface area contributed by atoms with Gasteiger partial charge < -0.3 is 10.0 Å². The average molecular weight is 564 g/mol. The molecule has 0 radical (unpaired) electrons. The number of halogens is 1. The first-order valence-corrected chi connectivity index (χ1v) is 15.7. The summed E-state index contributed by atoms with van der Waals surface area (Å²) in [5, 5.41) is 11.4. The molecule has 3 heterocycles. The molecule has 5 rings (SSSR count). The highest BCUT2D eigenvalue weighted by molar-refractivity contribution is 7.11. The van der Waals surface area contributed by atoms with Crippen LogP contribution in [0.15, 0.2) is 60.8 Å². The molecule has 0 aliphatic carbocycles. The summed E-state index contributed by atoms with van der Waals surface area (Å²) in [5.74, 6) is 0.114. The third-order valence-electron chi connectivity index (χ3n) is 9.14. The molecule has 5 nitrogen and oxygen atoms in total. The van der Waals surface area contributed by atoms with Gasteiger partial charge in [-0.25, -0.2) is 9.37 Å². The quantitative estimate of drug-likeness (QED) is 0.283. The van der Waals surface area contributed by atoms with Crippen molar-refractivity contribution in [3.8, 4) is 0 Å². The zero-order valence-corrected chi connectivity index (χ0v) is 24.5. The highest BCUT2D eigenvalue weighted by atomic mass is 32.1. The van der Waals surface area contributed by atoms with Crippen LogP contribution in [-0.4, -0.2) is 64.6 Å². The van der Waals surface area contributed by atoms with Crippen LogP contribution in [0.5, 0.6) is 0 Å². The molecule has 2 aliphatic heterocycles. The third kappa shape index (κ3) is 6.81. The van der Waals surface area contributed by atoms with E-state index in [1.54, 1.807) is 12.1 Å². The van der Waals surface area contributed by atoms with Crippen LogP contribution in [0.2, 0.25) is 0 Å². The predicted octanol–water partition coefficient (Wildman–Crippen LogP) is 6.66. The molecule has 2 saturated heterocycles. The molecule has 214 valence electrons. The van der Waals surface area contributed by atoms with Gasteiger partial charge in [-0.05, 0) is 66.9 Å². The smallest absolute Gasteiger partial charge is 0.321 e. The molecule has 3 atom stereocenters. The number of aromatic nitrogens is 1. The van der Waals surface area contributed by atoms with Crippen LogP contribution in [0.25, 0.3) is 0 Å². The Labute approximate surface area is 242 Å². The highest BCUT2D eigenvalue weighted by Gasteiger charge is 2.42. The topological polar surface area (TPSA) is 56.7 Å². The summed E-state index contributed by atoms with van der Waals surface area (Å²) in [7, 11) is 0. The second kappa shape index (κ2) is 13.4. The molecule has 3 aromatic rings. The predicted molar refractivity (Wildman–Crippen MR) is 159 cm³/mol. The number of carboxylic acid groups (broad SMARTS) is 1. The molecule has 1 N–H and O–H groups in total. The van der Waals surface area contributed by atoms with E-state index in [2.05, 4.69) is 54.1 Å². The molecular weight excluding hydrogens is 521 g/mol. The van der Waals surface area contributed by atoms with E-state index in [1.165, 1.54) is 21.5 Å². The number of carboxylic acids is 1. The number of rotatable bonds is 11. The number of thiazole rings is 1. The van der Waals surface area contributed by atoms with Gasteiger partial charge in [0.05, 0.1) is 5.01 Å². The normalized spacial score (nSPS) is 21.7. The molecule has 7 heteroatoms. The SMILES string of the molecule is CCC(CC)[C@@H](C(=O)O)N1C[C@H](CN2CCC(c3cnc(Cc4ccccc4)s3)CC2)[C@@H](c2cccc(F)c2)C1. The van der Waals surface area contributed by atoms with Crippen molar-refractivity contribution in [2.24, 2.45) is 11.8 Å². The number of hydrogen-bond acceptors (Lipinski definition) is 5. The van der Waals surface area contributed by atoms with E-state index < -0.39 is 12.0 Å². The zero-order chi connectivity index (χ0) is 28.1. The number of nitrogens with zero attached hydrogens (tertiary/aromatic N) is 3. The first-order chi connectivity index (χ1) is 19.4. The van der Waals surface area contributed by atoms with E-state index in [0.29, 0.717) is 12.5 Å². The Morgan fingerprint density at radius 2 is 1.82 bits per heavy atom. The van der Waals surface area contributed by atoms with Crippen molar-refractivity contribution in [2.45, 2.75) is 63.8 Å². The van der Waals surface area contributed by atoms with Crippen LogP contribution < -0.4 is 0 Å². The molecule has 40 heavy (non-hydrogen) atoms. The third-order valence-corrected chi connectivity index (χ3v) is 10.3. The molecule has 0 amide bonds. The van der Waals surface area contributed by atoms with E-state index in [0.717, 1.165) is 63.8 Å². The second-order valence-electron chi connectivity index (χ2n) is 11.6. The van der Waals surface area contributed by atoms with Crippen LogP contribution in [0, 0.1) is 17.7 Å². The van der Waals surface area contributed by atoms with Gasteiger partial charge in [0.1, 0.15) is 11.9 Å². The van der Waals surface area contributed by atoms with E-state index in [1.807, 2.05) is 23.5 Å². The van der Waals surface area contributed by atoms with Gasteiger partial charge in [-0.1, -0.05) is 69.2 Å². The lowest BCUT2D eigenvalue weighted by molar-refractivity contribution is -0.145.